The Morgan fingerprint density at radius 2 is 0.632 bits per heavy atom. The number of aliphatic hydroxyl groups excluding tert-OH is 1. The van der Waals surface area contributed by atoms with Crippen LogP contribution >= 0.6 is 18.6 Å². The van der Waals surface area contributed by atoms with Crippen LogP contribution < -0.4 is 37.0 Å². The maximum atomic E-state index is 12.8. The molecule has 133 heavy (non-hydrogen) atoms. The molecular formula is C95H138BI2N12O18Y5-. The number of nitrogens with zero attached hydrogens (tertiary/aromatic N) is 11. The number of carboxylic acid groups (broad SMARTS) is 1. The number of esters is 1. The second kappa shape index (κ2) is 88.1. The fraction of sp³-hybridized carbons (Fsp3) is 0.442. The van der Waals surface area contributed by atoms with E-state index in [1.54, 1.807) is 74.3 Å². The zero-order chi connectivity index (χ0) is 96.9. The van der Waals surface area contributed by atoms with Gasteiger partial charge in [-0.1, -0.05) is 225 Å². The molecule has 0 aliphatic heterocycles. The van der Waals surface area contributed by atoms with E-state index < -0.39 is 17.9 Å². The number of amides is 3. The van der Waals surface area contributed by atoms with Crippen LogP contribution in [0.25, 0.3) is 45.6 Å². The molecule has 30 nitrogen and oxygen atoms in total. The van der Waals surface area contributed by atoms with E-state index in [1.165, 1.54) is 32.2 Å². The maximum absolute atomic E-state index is 12.8. The number of anilines is 4. The van der Waals surface area contributed by atoms with Crippen molar-refractivity contribution >= 4 is 76.7 Å². The van der Waals surface area contributed by atoms with Crippen LogP contribution in [0.2, 0.25) is 0 Å². The smallest absolute Gasteiger partial charge is 0 e. The van der Waals surface area contributed by atoms with Crippen LogP contribution in [-0.2, 0) is 202 Å². The summed E-state index contributed by atoms with van der Waals surface area (Å²) >= 11 is 2.24. The Morgan fingerprint density at radius 3 is 0.850 bits per heavy atom. The monoisotopic (exact) mass is 2440 g/mol. The second-order valence-electron chi connectivity index (χ2n) is 25.0. The molecule has 0 fully saturated rings. The van der Waals surface area contributed by atoms with Crippen molar-refractivity contribution in [1.29, 1.82) is 0 Å². The van der Waals surface area contributed by atoms with Crippen LogP contribution in [0.3, 0.4) is 0 Å². The Morgan fingerprint density at radius 1 is 0.391 bits per heavy atom. The third-order valence-electron chi connectivity index (χ3n) is 17.8. The molecule has 8 heterocycles. The number of aromatic nitrogens is 8. The minimum atomic E-state index is -0.884. The molecular weight excluding hydrogens is 2310 g/mol. The van der Waals surface area contributed by atoms with Gasteiger partial charge in [0, 0.05) is 338 Å². The first-order valence-electron chi connectivity index (χ1n) is 43.2. The number of carbonyl (C=O) groups excluding carboxylic acids is 4. The number of methoxy groups -OCH3 is 3. The first-order valence-corrected chi connectivity index (χ1v) is 50.7. The van der Waals surface area contributed by atoms with Gasteiger partial charge in [-0.05, 0) is 95.5 Å². The summed E-state index contributed by atoms with van der Waals surface area (Å²) in [6, 6.07) is 45.1. The molecule has 0 bridgehead atoms. The average molecular weight is 2450 g/mol. The van der Waals surface area contributed by atoms with Crippen molar-refractivity contribution in [3.8, 4) is 45.6 Å². The first kappa shape index (κ1) is 141. The summed E-state index contributed by atoms with van der Waals surface area (Å²) < 4.78 is 56.4. The zero-order valence-corrected chi connectivity index (χ0v) is 101. The molecule has 4 atom stereocenters. The summed E-state index contributed by atoms with van der Waals surface area (Å²) in [5.74, 6) is -0.451. The van der Waals surface area contributed by atoms with Crippen LogP contribution in [-0.4, -0.2) is 156 Å². The van der Waals surface area contributed by atoms with Crippen LogP contribution in [0.1, 0.15) is 231 Å². The van der Waals surface area contributed by atoms with Crippen molar-refractivity contribution in [2.24, 2.45) is 0 Å². The largest absolute Gasteiger partial charge is 0 e. The van der Waals surface area contributed by atoms with Gasteiger partial charge in [-0.25, -0.2) is 0 Å². The van der Waals surface area contributed by atoms with Crippen LogP contribution in [0, 0.1) is 27.7 Å². The molecule has 7 radical (unpaired) electrons. The minimum absolute atomic E-state index is 0. The van der Waals surface area contributed by atoms with Gasteiger partial charge in [-0.2, -0.15) is 0 Å². The van der Waals surface area contributed by atoms with E-state index >= 15 is 0 Å². The maximum Gasteiger partial charge on any atom is 0 e. The molecule has 4 unspecified atom stereocenters. The van der Waals surface area contributed by atoms with Crippen molar-refractivity contribution in [1.82, 2.24) is 41.3 Å². The molecule has 0 spiro atoms. The Kier molecular flexibility index (Phi) is 93.2. The molecule has 3 amide bonds. The number of aliphatic hydroxyl groups is 1. The zero-order valence-electron chi connectivity index (χ0n) is 82.8. The van der Waals surface area contributed by atoms with Crippen molar-refractivity contribution < 1.29 is 265 Å². The average Bonchev–Trinajstić information content (AvgIpc) is 1.68. The standard InChI is InChI=1S/C20H21N3O5.C20H23N3O4.C19H21N3O4.C13H16N2O5.C7H9N.8C2H6.BI2.5Y/c1-13-19(16-9-10-27-21-16)22-28-20(13)14(12-18(25)26-3)11-17(24)23(2)15-7-5-4-6-8-15;1-14-19(17-10-12-26-21-17)22-27-20(14)15(9-11-25-3)13-18(24)23(2)16-7-5-4-6-8-16;1-13-18(16-9-11-25-20-16)21-26-19(13)14(8-10-23)12-17(24)22(2)15-6-4-3-5-7-15;1-8-12(10-4-6-19-14-10)15-20-13(8)9(3-5-18-2)7-11(16)17;1-8-7-5-3-2-4-6-7;8*1-2;1-3-2;;;;;/h4-10,14H,11-12H2,1-3H3;4-8,10,12,15H,9,11,13H2,1-3H3;3-7,9,11,14,23H,8,10,12H2,1-2H3;4,6,9H,3,5,7H2,1-2H3,(H,16,17);2-6,8H,1H3;8*1-2H3;;;;;;/q;;;;;;;;;;;;;-1;;;;;. The number of nitrogens with one attached hydrogen (secondary N) is 1. The van der Waals surface area contributed by atoms with E-state index in [2.05, 4.69) is 65.2 Å². The fourth-order valence-electron chi connectivity index (χ4n) is 11.7. The first-order chi connectivity index (χ1) is 62.2. The van der Waals surface area contributed by atoms with Crippen molar-refractivity contribution in [2.75, 3.05) is 89.4 Å². The SMILES string of the molecule is CC.CC.CC.CC.CC.CC.CC.CC.CNc1ccccc1.COC(=O)CC(CC(=O)N(C)c1ccccc1)c1onc(-c2ccon2)c1C.COCCC(CC(=O)N(C)c1ccccc1)c1onc(-c2ccon2)c1C.COCCC(CC(=O)O)c1onc(-c2ccon2)c1C.Cc1c(-c2ccon2)noc1C(CCO)CC(=O)N(C)c1ccccc1.[B][I-]I.[Y].[Y].[Y].[Y].[Y]. The number of halogens is 2. The van der Waals surface area contributed by atoms with Gasteiger partial charge >= 0.3 is 53.3 Å². The number of hydrogen-bond donors (Lipinski definition) is 3. The van der Waals surface area contributed by atoms with Gasteiger partial charge in [-0.3, -0.25) is 24.0 Å². The van der Waals surface area contributed by atoms with Crippen LogP contribution in [0.15, 0.2) is 207 Å². The molecule has 3 N–H and O–H groups in total. The molecule has 8 aromatic heterocycles. The Hall–Kier alpha value is -5.37. The summed E-state index contributed by atoms with van der Waals surface area (Å²) in [7, 11) is 11.7. The summed E-state index contributed by atoms with van der Waals surface area (Å²) in [6.07, 6.45) is 7.99. The molecule has 0 saturated carbocycles. The van der Waals surface area contributed by atoms with E-state index in [4.69, 9.17) is 61.2 Å². The van der Waals surface area contributed by atoms with E-state index in [9.17, 15) is 29.1 Å². The van der Waals surface area contributed by atoms with E-state index in [0.29, 0.717) is 113 Å². The van der Waals surface area contributed by atoms with Gasteiger partial charge in [0.1, 0.15) is 93.6 Å². The predicted molar refractivity (Wildman–Crippen MR) is 511 cm³/mol. The number of carbonyl (C=O) groups is 5. The van der Waals surface area contributed by atoms with Gasteiger partial charge in [0.15, 0.2) is 0 Å². The van der Waals surface area contributed by atoms with E-state index in [-0.39, 0.29) is 248 Å². The molecule has 38 heteroatoms. The number of hydrogen-bond acceptors (Lipinski definition) is 26. The van der Waals surface area contributed by atoms with E-state index in [1.807, 2.05) is 267 Å². The number of benzene rings is 4. The second-order valence-corrected chi connectivity index (χ2v) is 28.7. The van der Waals surface area contributed by atoms with Gasteiger partial charge in [-0.15, -0.1) is 0 Å². The molecule has 0 saturated heterocycles. The van der Waals surface area contributed by atoms with Crippen molar-refractivity contribution in [2.45, 2.75) is 214 Å². The van der Waals surface area contributed by atoms with E-state index in [0.717, 1.165) is 39.4 Å². The molecule has 719 valence electrons. The summed E-state index contributed by atoms with van der Waals surface area (Å²) in [5, 5.41) is 53.1. The fourth-order valence-corrected chi connectivity index (χ4v) is 11.7. The molecule has 12 rings (SSSR count). The molecule has 4 aromatic carbocycles. The van der Waals surface area contributed by atoms with Gasteiger partial charge in [0.2, 0.25) is 17.7 Å². The molecule has 0 aliphatic rings. The third-order valence-corrected chi connectivity index (χ3v) is 17.8. The Labute approximate surface area is 935 Å². The van der Waals surface area contributed by atoms with Gasteiger partial charge in [0.25, 0.3) is 0 Å². The van der Waals surface area contributed by atoms with Crippen LogP contribution in [0.4, 0.5) is 22.7 Å². The third kappa shape index (κ3) is 50.4. The predicted octanol–water partition coefficient (Wildman–Crippen LogP) is 20.0. The number of rotatable bonds is 30. The van der Waals surface area contributed by atoms with Gasteiger partial charge in [0.05, 0.1) is 20.0 Å². The normalized spacial score (nSPS) is 10.2. The quantitative estimate of drug-likeness (QED) is 0.0214. The number of para-hydroxylation sites is 4. The summed E-state index contributed by atoms with van der Waals surface area (Å²) in [6.45, 7) is 40.4. The number of ether oxygens (including phenoxy) is 3. The minimum Gasteiger partial charge on any atom is 0 e. The Balaban J connectivity index is -0.000000289. The summed E-state index contributed by atoms with van der Waals surface area (Å²) in [5.41, 5.74) is 16.3. The summed E-state index contributed by atoms with van der Waals surface area (Å²) in [4.78, 5) is 66.1. The van der Waals surface area contributed by atoms with Gasteiger partial charge < -0.3 is 80.6 Å². The number of aliphatic carboxylic acids is 1. The van der Waals surface area contributed by atoms with Crippen molar-refractivity contribution in [3.63, 3.8) is 0 Å². The van der Waals surface area contributed by atoms with Crippen molar-refractivity contribution in [3.05, 3.63) is 216 Å². The topological polar surface area (TPSA) is 383 Å². The molecule has 0 aliphatic carbocycles. The Bertz CT molecular complexity index is 4720. The molecule has 12 aromatic rings. The van der Waals surface area contributed by atoms with Crippen LogP contribution in [0.5, 0.6) is 0 Å². The number of carboxylic acids is 1.